The van der Waals surface area contributed by atoms with Crippen molar-refractivity contribution in [3.8, 4) is 0 Å². The lowest BCUT2D eigenvalue weighted by Crippen LogP contribution is -2.13. The molecule has 1 aromatic heterocycles. The SMILES string of the molecule is CC(C(=O)c1ccc(Br)c(C(F)(F)F)c1)c1ccccn1. The summed E-state index contributed by atoms with van der Waals surface area (Å²) in [5, 5.41) is 0. The van der Waals surface area contributed by atoms with E-state index in [2.05, 4.69) is 20.9 Å². The van der Waals surface area contributed by atoms with E-state index in [-0.39, 0.29) is 10.0 Å². The summed E-state index contributed by atoms with van der Waals surface area (Å²) in [6, 6.07) is 8.59. The van der Waals surface area contributed by atoms with E-state index in [0.29, 0.717) is 5.69 Å². The largest absolute Gasteiger partial charge is 0.417 e. The monoisotopic (exact) mass is 357 g/mol. The van der Waals surface area contributed by atoms with Gasteiger partial charge in [-0.3, -0.25) is 9.78 Å². The summed E-state index contributed by atoms with van der Waals surface area (Å²) in [6.45, 7) is 1.62. The minimum atomic E-state index is -4.51. The van der Waals surface area contributed by atoms with Crippen molar-refractivity contribution >= 4 is 21.7 Å². The number of hydrogen-bond donors (Lipinski definition) is 0. The number of rotatable bonds is 3. The number of carbonyl (C=O) groups is 1. The molecule has 0 bridgehead atoms. The van der Waals surface area contributed by atoms with Gasteiger partial charge in [0.2, 0.25) is 0 Å². The number of alkyl halides is 3. The Morgan fingerprint density at radius 2 is 1.95 bits per heavy atom. The van der Waals surface area contributed by atoms with Gasteiger partial charge in [0.1, 0.15) is 0 Å². The van der Waals surface area contributed by atoms with E-state index >= 15 is 0 Å². The first-order valence-corrected chi connectivity index (χ1v) is 6.92. The predicted octanol–water partition coefficient (Wildman–Crippen LogP) is 4.85. The number of benzene rings is 1. The van der Waals surface area contributed by atoms with Gasteiger partial charge in [-0.2, -0.15) is 13.2 Å². The highest BCUT2D eigenvalue weighted by Crippen LogP contribution is 2.36. The molecule has 0 spiro atoms. The van der Waals surface area contributed by atoms with Crippen LogP contribution in [0.2, 0.25) is 0 Å². The number of carbonyl (C=O) groups excluding carboxylic acids is 1. The molecular weight excluding hydrogens is 347 g/mol. The molecule has 2 rings (SSSR count). The second-order valence-electron chi connectivity index (χ2n) is 4.53. The number of nitrogens with zero attached hydrogens (tertiary/aromatic N) is 1. The van der Waals surface area contributed by atoms with Crippen LogP contribution >= 0.6 is 15.9 Å². The van der Waals surface area contributed by atoms with Crippen molar-refractivity contribution in [2.75, 3.05) is 0 Å². The molecule has 110 valence electrons. The number of ketones is 1. The number of pyridine rings is 1. The van der Waals surface area contributed by atoms with Crippen molar-refractivity contribution in [1.82, 2.24) is 4.98 Å². The Morgan fingerprint density at radius 3 is 2.52 bits per heavy atom. The summed E-state index contributed by atoms with van der Waals surface area (Å²) in [5.74, 6) is -1.000. The lowest BCUT2D eigenvalue weighted by molar-refractivity contribution is -0.138. The highest BCUT2D eigenvalue weighted by atomic mass is 79.9. The van der Waals surface area contributed by atoms with E-state index < -0.39 is 23.4 Å². The second-order valence-corrected chi connectivity index (χ2v) is 5.39. The van der Waals surface area contributed by atoms with Crippen LogP contribution in [-0.4, -0.2) is 10.8 Å². The van der Waals surface area contributed by atoms with Crippen LogP contribution in [0.1, 0.15) is 34.5 Å². The van der Waals surface area contributed by atoms with E-state index in [4.69, 9.17) is 0 Å². The standard InChI is InChI=1S/C15H11BrF3NO/c1-9(13-4-2-3-7-20-13)14(21)10-5-6-12(16)11(8-10)15(17,18)19/h2-9H,1H3. The number of hydrogen-bond acceptors (Lipinski definition) is 2. The maximum atomic E-state index is 12.9. The highest BCUT2D eigenvalue weighted by molar-refractivity contribution is 9.10. The number of halogens is 4. The molecule has 1 atom stereocenters. The van der Waals surface area contributed by atoms with Gasteiger partial charge < -0.3 is 0 Å². The molecule has 0 aliphatic rings. The number of aromatic nitrogens is 1. The van der Waals surface area contributed by atoms with Crippen molar-refractivity contribution in [3.05, 3.63) is 63.9 Å². The molecule has 1 unspecified atom stereocenters. The molecular formula is C15H11BrF3NO. The molecule has 0 aliphatic heterocycles. The molecule has 0 saturated carbocycles. The Hall–Kier alpha value is -1.69. The van der Waals surface area contributed by atoms with E-state index in [9.17, 15) is 18.0 Å². The van der Waals surface area contributed by atoms with Crippen molar-refractivity contribution in [1.29, 1.82) is 0 Å². The Kier molecular flexibility index (Phi) is 4.46. The van der Waals surface area contributed by atoms with Crippen LogP contribution in [0.15, 0.2) is 47.1 Å². The highest BCUT2D eigenvalue weighted by Gasteiger charge is 2.34. The van der Waals surface area contributed by atoms with Crippen LogP contribution in [0.3, 0.4) is 0 Å². The van der Waals surface area contributed by atoms with E-state index in [1.54, 1.807) is 31.3 Å². The van der Waals surface area contributed by atoms with Crippen molar-refractivity contribution in [2.45, 2.75) is 19.0 Å². The average Bonchev–Trinajstić information content (AvgIpc) is 2.46. The molecule has 1 aromatic carbocycles. The second kappa shape index (κ2) is 5.97. The first kappa shape index (κ1) is 15.7. The Labute approximate surface area is 128 Å². The van der Waals surface area contributed by atoms with Gasteiger partial charge in [0.15, 0.2) is 5.78 Å². The molecule has 2 nitrogen and oxygen atoms in total. The van der Waals surface area contributed by atoms with Gasteiger partial charge in [-0.15, -0.1) is 0 Å². The van der Waals surface area contributed by atoms with Crippen LogP contribution in [0.5, 0.6) is 0 Å². The maximum Gasteiger partial charge on any atom is 0.417 e. The molecule has 0 N–H and O–H groups in total. The average molecular weight is 358 g/mol. The zero-order valence-corrected chi connectivity index (χ0v) is 12.6. The summed E-state index contributed by atoms with van der Waals surface area (Å²) >= 11 is 2.85. The molecule has 0 amide bonds. The van der Waals surface area contributed by atoms with Gasteiger partial charge >= 0.3 is 6.18 Å². The van der Waals surface area contributed by atoms with Crippen LogP contribution in [0.25, 0.3) is 0 Å². The normalized spacial score (nSPS) is 13.0. The Bertz CT molecular complexity index is 656. The summed E-state index contributed by atoms with van der Waals surface area (Å²) < 4.78 is 38.5. The van der Waals surface area contributed by atoms with Crippen LogP contribution in [0.4, 0.5) is 13.2 Å². The van der Waals surface area contributed by atoms with Gasteiger partial charge in [-0.1, -0.05) is 28.1 Å². The van der Waals surface area contributed by atoms with E-state index in [1.165, 1.54) is 12.1 Å². The van der Waals surface area contributed by atoms with Crippen molar-refractivity contribution in [3.63, 3.8) is 0 Å². The molecule has 0 radical (unpaired) electrons. The minimum Gasteiger partial charge on any atom is -0.293 e. The van der Waals surface area contributed by atoms with Crippen molar-refractivity contribution < 1.29 is 18.0 Å². The molecule has 21 heavy (non-hydrogen) atoms. The lowest BCUT2D eigenvalue weighted by atomic mass is 9.95. The lowest BCUT2D eigenvalue weighted by Gasteiger charge is -2.13. The summed E-state index contributed by atoms with van der Waals surface area (Å²) in [7, 11) is 0. The molecule has 2 aromatic rings. The Morgan fingerprint density at radius 1 is 1.24 bits per heavy atom. The molecule has 1 heterocycles. The maximum absolute atomic E-state index is 12.9. The van der Waals surface area contributed by atoms with E-state index in [0.717, 1.165) is 6.07 Å². The first-order chi connectivity index (χ1) is 9.80. The molecule has 0 saturated heterocycles. The Balaban J connectivity index is 2.36. The van der Waals surface area contributed by atoms with Crippen molar-refractivity contribution in [2.24, 2.45) is 0 Å². The fraction of sp³-hybridized carbons (Fsp3) is 0.200. The molecule has 0 fully saturated rings. The first-order valence-electron chi connectivity index (χ1n) is 6.12. The zero-order valence-electron chi connectivity index (χ0n) is 11.0. The van der Waals surface area contributed by atoms with Crippen LogP contribution in [-0.2, 0) is 6.18 Å². The van der Waals surface area contributed by atoms with Gasteiger partial charge in [-0.25, -0.2) is 0 Å². The zero-order chi connectivity index (χ0) is 15.6. The summed E-state index contributed by atoms with van der Waals surface area (Å²) in [6.07, 6.45) is -2.97. The van der Waals surface area contributed by atoms with Gasteiger partial charge in [0.25, 0.3) is 0 Å². The number of Topliss-reactive ketones (excluding diaryl/α,β-unsaturated/α-hetero) is 1. The predicted molar refractivity (Wildman–Crippen MR) is 76.1 cm³/mol. The summed E-state index contributed by atoms with van der Waals surface area (Å²) in [5.41, 5.74) is -0.316. The molecule has 0 aliphatic carbocycles. The topological polar surface area (TPSA) is 30.0 Å². The fourth-order valence-corrected chi connectivity index (χ4v) is 2.38. The summed E-state index contributed by atoms with van der Waals surface area (Å²) in [4.78, 5) is 16.4. The smallest absolute Gasteiger partial charge is 0.293 e. The minimum absolute atomic E-state index is 0.0173. The van der Waals surface area contributed by atoms with Gasteiger partial charge in [-0.05, 0) is 31.2 Å². The van der Waals surface area contributed by atoms with Gasteiger partial charge in [0.05, 0.1) is 17.2 Å². The third-order valence-electron chi connectivity index (χ3n) is 3.08. The fourth-order valence-electron chi connectivity index (χ4n) is 1.91. The molecule has 6 heteroatoms. The van der Waals surface area contributed by atoms with E-state index in [1.807, 2.05) is 0 Å². The van der Waals surface area contributed by atoms with Crippen LogP contribution in [0, 0.1) is 0 Å². The third-order valence-corrected chi connectivity index (χ3v) is 3.77. The third kappa shape index (κ3) is 3.50. The van der Waals surface area contributed by atoms with Crippen LogP contribution < -0.4 is 0 Å². The van der Waals surface area contributed by atoms with Gasteiger partial charge in [0, 0.05) is 16.2 Å². The quantitative estimate of drug-likeness (QED) is 0.735.